The standard InChI is InChI=1S/C19H11Br2N3S/c20-10-4-5-11-13(7-22-16(11)6-10)17-9-25-19(24-17)14-8-23-18-12(14)2-1-3-15(18)21/h1-9,22-23H. The van der Waals surface area contributed by atoms with Crippen LogP contribution >= 0.6 is 43.2 Å². The van der Waals surface area contributed by atoms with Gasteiger partial charge in [0.1, 0.15) is 5.01 Å². The van der Waals surface area contributed by atoms with Crippen LogP contribution in [0.1, 0.15) is 0 Å². The number of halogens is 2. The van der Waals surface area contributed by atoms with Crippen LogP contribution in [0.2, 0.25) is 0 Å². The van der Waals surface area contributed by atoms with Crippen molar-refractivity contribution in [3.8, 4) is 21.8 Å². The highest BCUT2D eigenvalue weighted by Gasteiger charge is 2.14. The third-order valence-electron chi connectivity index (χ3n) is 4.32. The predicted molar refractivity (Wildman–Crippen MR) is 112 cm³/mol. The molecule has 0 amide bonds. The number of aromatic nitrogens is 3. The molecule has 0 unspecified atom stereocenters. The van der Waals surface area contributed by atoms with Gasteiger partial charge in [0.05, 0.1) is 11.2 Å². The summed E-state index contributed by atoms with van der Waals surface area (Å²) < 4.78 is 2.13. The molecule has 0 saturated carbocycles. The molecule has 2 N–H and O–H groups in total. The minimum Gasteiger partial charge on any atom is -0.360 e. The van der Waals surface area contributed by atoms with Crippen molar-refractivity contribution in [3.05, 3.63) is 63.1 Å². The maximum absolute atomic E-state index is 4.90. The number of aromatic amines is 2. The van der Waals surface area contributed by atoms with E-state index in [2.05, 4.69) is 77.5 Å². The topological polar surface area (TPSA) is 44.5 Å². The average molecular weight is 473 g/mol. The second kappa shape index (κ2) is 5.83. The quantitative estimate of drug-likeness (QED) is 0.286. The van der Waals surface area contributed by atoms with Gasteiger partial charge >= 0.3 is 0 Å². The van der Waals surface area contributed by atoms with Crippen molar-refractivity contribution in [3.63, 3.8) is 0 Å². The minimum absolute atomic E-state index is 0.998. The van der Waals surface area contributed by atoms with Gasteiger partial charge in [-0.2, -0.15) is 0 Å². The van der Waals surface area contributed by atoms with Crippen LogP contribution in [-0.2, 0) is 0 Å². The fourth-order valence-electron chi connectivity index (χ4n) is 3.13. The third kappa shape index (κ3) is 2.47. The van der Waals surface area contributed by atoms with Crippen molar-refractivity contribution in [2.45, 2.75) is 0 Å². The van der Waals surface area contributed by atoms with Gasteiger partial charge in [-0.25, -0.2) is 4.98 Å². The molecule has 0 saturated heterocycles. The molecule has 5 rings (SSSR count). The van der Waals surface area contributed by atoms with Crippen LogP contribution in [-0.4, -0.2) is 15.0 Å². The monoisotopic (exact) mass is 471 g/mol. The van der Waals surface area contributed by atoms with E-state index in [-0.39, 0.29) is 0 Å². The second-order valence-electron chi connectivity index (χ2n) is 5.79. The summed E-state index contributed by atoms with van der Waals surface area (Å²) in [5.74, 6) is 0. The molecule has 6 heteroatoms. The number of thiazole rings is 1. The first-order valence-electron chi connectivity index (χ1n) is 7.69. The van der Waals surface area contributed by atoms with E-state index in [0.717, 1.165) is 41.8 Å². The Morgan fingerprint density at radius 3 is 2.72 bits per heavy atom. The second-order valence-corrected chi connectivity index (χ2v) is 8.42. The molecular weight excluding hydrogens is 462 g/mol. The molecule has 0 aliphatic heterocycles. The number of fused-ring (bicyclic) bond motifs is 2. The Kier molecular flexibility index (Phi) is 3.58. The smallest absolute Gasteiger partial charge is 0.126 e. The highest BCUT2D eigenvalue weighted by molar-refractivity contribution is 9.11. The molecule has 0 bridgehead atoms. The summed E-state index contributed by atoms with van der Waals surface area (Å²) in [6, 6.07) is 12.5. The van der Waals surface area contributed by atoms with E-state index in [1.54, 1.807) is 11.3 Å². The van der Waals surface area contributed by atoms with Crippen LogP contribution in [0.5, 0.6) is 0 Å². The first-order valence-corrected chi connectivity index (χ1v) is 10.2. The maximum atomic E-state index is 4.90. The predicted octanol–water partition coefficient (Wildman–Crippen LogP) is 6.96. The SMILES string of the molecule is Brc1ccc2c(-c3csc(-c4c[nH]c5c(Br)cccc45)n3)c[nH]c2c1. The first kappa shape index (κ1) is 15.4. The Hall–Kier alpha value is -1.89. The van der Waals surface area contributed by atoms with Gasteiger partial charge in [0, 0.05) is 54.1 Å². The van der Waals surface area contributed by atoms with Crippen LogP contribution in [0.25, 0.3) is 43.6 Å². The minimum atomic E-state index is 0.998. The van der Waals surface area contributed by atoms with Crippen LogP contribution in [0.15, 0.2) is 63.1 Å². The lowest BCUT2D eigenvalue weighted by molar-refractivity contribution is 1.40. The van der Waals surface area contributed by atoms with Gasteiger partial charge in [0.15, 0.2) is 0 Å². The number of nitrogens with zero attached hydrogens (tertiary/aromatic N) is 1. The lowest BCUT2D eigenvalue weighted by atomic mass is 10.1. The Labute approximate surface area is 164 Å². The molecule has 5 aromatic rings. The molecule has 0 atom stereocenters. The van der Waals surface area contributed by atoms with Crippen LogP contribution in [0.3, 0.4) is 0 Å². The summed E-state index contributed by atoms with van der Waals surface area (Å²) in [5, 5.41) is 5.50. The zero-order chi connectivity index (χ0) is 17.0. The van der Waals surface area contributed by atoms with Crippen molar-refractivity contribution in [2.75, 3.05) is 0 Å². The van der Waals surface area contributed by atoms with E-state index < -0.39 is 0 Å². The van der Waals surface area contributed by atoms with Gasteiger partial charge in [0.2, 0.25) is 0 Å². The van der Waals surface area contributed by atoms with Crippen molar-refractivity contribution in [1.82, 2.24) is 15.0 Å². The van der Waals surface area contributed by atoms with E-state index in [1.165, 1.54) is 10.8 Å². The zero-order valence-electron chi connectivity index (χ0n) is 12.8. The van der Waals surface area contributed by atoms with Crippen LogP contribution < -0.4 is 0 Å². The van der Waals surface area contributed by atoms with Gasteiger partial charge in [-0.3, -0.25) is 0 Å². The van der Waals surface area contributed by atoms with E-state index in [1.807, 2.05) is 18.5 Å². The molecule has 0 aliphatic carbocycles. The molecule has 0 fully saturated rings. The van der Waals surface area contributed by atoms with Gasteiger partial charge < -0.3 is 9.97 Å². The Bertz CT molecular complexity index is 1230. The van der Waals surface area contributed by atoms with Crippen LogP contribution in [0.4, 0.5) is 0 Å². The van der Waals surface area contributed by atoms with Gasteiger partial charge in [0.25, 0.3) is 0 Å². The highest BCUT2D eigenvalue weighted by Crippen LogP contribution is 2.37. The van der Waals surface area contributed by atoms with Crippen molar-refractivity contribution >= 4 is 65.0 Å². The van der Waals surface area contributed by atoms with E-state index in [4.69, 9.17) is 4.98 Å². The molecule has 25 heavy (non-hydrogen) atoms. The number of nitrogens with one attached hydrogen (secondary N) is 2. The molecule has 0 spiro atoms. The largest absolute Gasteiger partial charge is 0.360 e. The molecule has 0 radical (unpaired) electrons. The summed E-state index contributed by atoms with van der Waals surface area (Å²) >= 11 is 8.78. The Morgan fingerprint density at radius 2 is 1.80 bits per heavy atom. The molecule has 3 heterocycles. The number of hydrogen-bond donors (Lipinski definition) is 2. The number of para-hydroxylation sites is 1. The van der Waals surface area contributed by atoms with Crippen molar-refractivity contribution < 1.29 is 0 Å². The fraction of sp³-hybridized carbons (Fsp3) is 0. The molecular formula is C19H11Br2N3S. The lowest BCUT2D eigenvalue weighted by Gasteiger charge is -1.97. The van der Waals surface area contributed by atoms with Gasteiger partial charge in [-0.05, 0) is 34.1 Å². The third-order valence-corrected chi connectivity index (χ3v) is 6.35. The van der Waals surface area contributed by atoms with Gasteiger partial charge in [-0.15, -0.1) is 11.3 Å². The number of H-pyrrole nitrogens is 2. The summed E-state index contributed by atoms with van der Waals surface area (Å²) in [4.78, 5) is 11.6. The maximum Gasteiger partial charge on any atom is 0.126 e. The number of benzene rings is 2. The van der Waals surface area contributed by atoms with Crippen molar-refractivity contribution in [1.29, 1.82) is 0 Å². The summed E-state index contributed by atoms with van der Waals surface area (Å²) in [5.41, 5.74) is 5.47. The summed E-state index contributed by atoms with van der Waals surface area (Å²) in [6.45, 7) is 0. The summed E-state index contributed by atoms with van der Waals surface area (Å²) in [6.07, 6.45) is 4.06. The van der Waals surface area contributed by atoms with Crippen molar-refractivity contribution in [2.24, 2.45) is 0 Å². The molecule has 3 nitrogen and oxygen atoms in total. The van der Waals surface area contributed by atoms with Crippen LogP contribution in [0, 0.1) is 0 Å². The number of hydrogen-bond acceptors (Lipinski definition) is 2. The summed E-state index contributed by atoms with van der Waals surface area (Å²) in [7, 11) is 0. The Balaban J connectivity index is 1.64. The molecule has 2 aromatic carbocycles. The molecule has 0 aliphatic rings. The normalized spacial score (nSPS) is 11.6. The van der Waals surface area contributed by atoms with Gasteiger partial charge in [-0.1, -0.05) is 34.1 Å². The fourth-order valence-corrected chi connectivity index (χ4v) is 4.82. The highest BCUT2D eigenvalue weighted by atomic mass is 79.9. The molecule has 122 valence electrons. The van der Waals surface area contributed by atoms with E-state index >= 15 is 0 Å². The Morgan fingerprint density at radius 1 is 0.920 bits per heavy atom. The average Bonchev–Trinajstić information content (AvgIpc) is 3.31. The molecule has 3 aromatic heterocycles. The zero-order valence-corrected chi connectivity index (χ0v) is 16.8. The lowest BCUT2D eigenvalue weighted by Crippen LogP contribution is -1.78. The first-order chi connectivity index (χ1) is 12.2. The van der Waals surface area contributed by atoms with E-state index in [9.17, 15) is 0 Å². The number of rotatable bonds is 2. The van der Waals surface area contributed by atoms with E-state index in [0.29, 0.717) is 0 Å².